The van der Waals surface area contributed by atoms with Gasteiger partial charge in [-0.2, -0.15) is 5.26 Å². The highest BCUT2D eigenvalue weighted by Crippen LogP contribution is 2.29. The number of benzene rings is 2. The molecule has 0 saturated heterocycles. The topological polar surface area (TPSA) is 55.1 Å². The standard InChI is InChI=1S/C21H18N2O2/c1-15(18-9-8-17-5-3-4-6-19(17)23-18)13-16-7-10-20(25-12-11-22)21(14-16)24-2/h3-10,13-14H,12H2,1-2H3/b15-13-. The van der Waals surface area contributed by atoms with Crippen LogP contribution in [0.1, 0.15) is 18.2 Å². The van der Waals surface area contributed by atoms with Crippen molar-refractivity contribution in [3.05, 3.63) is 65.9 Å². The number of rotatable bonds is 5. The molecule has 0 fully saturated rings. The van der Waals surface area contributed by atoms with Crippen LogP contribution >= 0.6 is 0 Å². The predicted octanol–water partition coefficient (Wildman–Crippen LogP) is 4.71. The third kappa shape index (κ3) is 3.78. The summed E-state index contributed by atoms with van der Waals surface area (Å²) in [6.45, 7) is 2.02. The van der Waals surface area contributed by atoms with E-state index in [1.54, 1.807) is 7.11 Å². The minimum Gasteiger partial charge on any atom is -0.493 e. The summed E-state index contributed by atoms with van der Waals surface area (Å²) < 4.78 is 10.7. The smallest absolute Gasteiger partial charge is 0.174 e. The molecule has 0 radical (unpaired) electrons. The summed E-state index contributed by atoms with van der Waals surface area (Å²) in [5, 5.41) is 9.76. The van der Waals surface area contributed by atoms with Crippen LogP contribution in [0, 0.1) is 11.3 Å². The first-order chi connectivity index (χ1) is 12.2. The number of hydrogen-bond donors (Lipinski definition) is 0. The van der Waals surface area contributed by atoms with Crippen LogP contribution in [0.15, 0.2) is 54.6 Å². The van der Waals surface area contributed by atoms with Crippen molar-refractivity contribution < 1.29 is 9.47 Å². The Kier molecular flexibility index (Phi) is 4.96. The van der Waals surface area contributed by atoms with Crippen molar-refractivity contribution in [3.8, 4) is 17.6 Å². The van der Waals surface area contributed by atoms with Crippen LogP contribution in [0.2, 0.25) is 0 Å². The Hall–Kier alpha value is -3.32. The third-order valence-corrected chi connectivity index (χ3v) is 3.87. The first kappa shape index (κ1) is 16.5. The van der Waals surface area contributed by atoms with Crippen LogP contribution < -0.4 is 9.47 Å². The Morgan fingerprint density at radius 3 is 2.76 bits per heavy atom. The highest BCUT2D eigenvalue weighted by molar-refractivity contribution is 5.84. The van der Waals surface area contributed by atoms with E-state index in [1.165, 1.54) is 0 Å². The average molecular weight is 330 g/mol. The molecule has 1 aromatic heterocycles. The molecule has 4 nitrogen and oxygen atoms in total. The Labute approximate surface area is 147 Å². The van der Waals surface area contributed by atoms with E-state index in [0.717, 1.165) is 27.7 Å². The van der Waals surface area contributed by atoms with Gasteiger partial charge in [-0.3, -0.25) is 0 Å². The monoisotopic (exact) mass is 330 g/mol. The maximum atomic E-state index is 8.63. The van der Waals surface area contributed by atoms with E-state index in [2.05, 4.69) is 12.1 Å². The van der Waals surface area contributed by atoms with Gasteiger partial charge in [-0.25, -0.2) is 4.98 Å². The summed E-state index contributed by atoms with van der Waals surface area (Å²) in [7, 11) is 1.58. The summed E-state index contributed by atoms with van der Waals surface area (Å²) in [5.41, 5.74) is 3.94. The molecule has 3 aromatic rings. The Morgan fingerprint density at radius 2 is 1.96 bits per heavy atom. The van der Waals surface area contributed by atoms with Crippen molar-refractivity contribution in [2.45, 2.75) is 6.92 Å². The van der Waals surface area contributed by atoms with Crippen LogP contribution in [0.3, 0.4) is 0 Å². The fourth-order valence-corrected chi connectivity index (χ4v) is 2.61. The van der Waals surface area contributed by atoms with Crippen molar-refractivity contribution >= 4 is 22.6 Å². The number of nitriles is 1. The Bertz CT molecular complexity index is 971. The van der Waals surface area contributed by atoms with E-state index in [0.29, 0.717) is 11.5 Å². The van der Waals surface area contributed by atoms with E-state index in [-0.39, 0.29) is 6.61 Å². The van der Waals surface area contributed by atoms with E-state index >= 15 is 0 Å². The first-order valence-corrected chi connectivity index (χ1v) is 7.93. The van der Waals surface area contributed by atoms with Crippen LogP contribution in [0.5, 0.6) is 11.5 Å². The number of pyridine rings is 1. The zero-order chi connectivity index (χ0) is 17.6. The molecule has 0 spiro atoms. The minimum absolute atomic E-state index is 0.00835. The Morgan fingerprint density at radius 1 is 1.12 bits per heavy atom. The molecule has 0 saturated carbocycles. The second-order valence-corrected chi connectivity index (χ2v) is 5.57. The van der Waals surface area contributed by atoms with Crippen molar-refractivity contribution in [1.29, 1.82) is 5.26 Å². The number of allylic oxidation sites excluding steroid dienone is 1. The van der Waals surface area contributed by atoms with Crippen LogP contribution in [-0.2, 0) is 0 Å². The number of ether oxygens (including phenoxy) is 2. The van der Waals surface area contributed by atoms with Crippen molar-refractivity contribution in [2.24, 2.45) is 0 Å². The van der Waals surface area contributed by atoms with Gasteiger partial charge in [0.05, 0.1) is 18.3 Å². The molecule has 0 amide bonds. The number of aromatic nitrogens is 1. The molecule has 0 unspecified atom stereocenters. The van der Waals surface area contributed by atoms with Crippen molar-refractivity contribution in [2.75, 3.05) is 13.7 Å². The molecule has 4 heteroatoms. The van der Waals surface area contributed by atoms with Gasteiger partial charge in [0.25, 0.3) is 0 Å². The van der Waals surface area contributed by atoms with Crippen LogP contribution in [0.4, 0.5) is 0 Å². The quantitative estimate of drug-likeness (QED) is 0.680. The van der Waals surface area contributed by atoms with E-state index in [9.17, 15) is 0 Å². The van der Waals surface area contributed by atoms with Gasteiger partial charge in [0.15, 0.2) is 18.1 Å². The molecular formula is C21H18N2O2. The lowest BCUT2D eigenvalue weighted by Gasteiger charge is -2.09. The molecule has 1 heterocycles. The maximum Gasteiger partial charge on any atom is 0.174 e. The van der Waals surface area contributed by atoms with Gasteiger partial charge in [-0.05, 0) is 48.4 Å². The van der Waals surface area contributed by atoms with E-state index in [1.807, 2.05) is 61.5 Å². The highest BCUT2D eigenvalue weighted by Gasteiger charge is 2.06. The number of hydrogen-bond acceptors (Lipinski definition) is 4. The van der Waals surface area contributed by atoms with Gasteiger partial charge in [-0.15, -0.1) is 0 Å². The third-order valence-electron chi connectivity index (χ3n) is 3.87. The lowest BCUT2D eigenvalue weighted by atomic mass is 10.1. The normalized spacial score (nSPS) is 11.2. The molecule has 3 rings (SSSR count). The van der Waals surface area contributed by atoms with Gasteiger partial charge < -0.3 is 9.47 Å². The van der Waals surface area contributed by atoms with Gasteiger partial charge in [0, 0.05) is 5.39 Å². The summed E-state index contributed by atoms with van der Waals surface area (Å²) in [5.74, 6) is 1.16. The fraction of sp³-hybridized carbons (Fsp3) is 0.143. The maximum absolute atomic E-state index is 8.63. The molecule has 0 bridgehead atoms. The fourth-order valence-electron chi connectivity index (χ4n) is 2.61. The lowest BCUT2D eigenvalue weighted by Crippen LogP contribution is -1.96. The summed E-state index contributed by atoms with van der Waals surface area (Å²) in [6, 6.07) is 19.7. The molecule has 0 N–H and O–H groups in total. The second kappa shape index (κ2) is 7.50. The Balaban J connectivity index is 1.91. The molecule has 0 aliphatic heterocycles. The molecule has 0 atom stereocenters. The zero-order valence-corrected chi connectivity index (χ0v) is 14.2. The SMILES string of the molecule is COc1cc(/C=C(/C)c2ccc3ccccc3n2)ccc1OCC#N. The van der Waals surface area contributed by atoms with Crippen LogP contribution in [-0.4, -0.2) is 18.7 Å². The van der Waals surface area contributed by atoms with Gasteiger partial charge in [-0.1, -0.05) is 30.3 Å². The molecule has 2 aromatic carbocycles. The first-order valence-electron chi connectivity index (χ1n) is 7.93. The molecule has 0 aliphatic carbocycles. The van der Waals surface area contributed by atoms with Gasteiger partial charge in [0.1, 0.15) is 6.07 Å². The van der Waals surface area contributed by atoms with Gasteiger partial charge >= 0.3 is 0 Å². The number of para-hydroxylation sites is 1. The average Bonchev–Trinajstić information content (AvgIpc) is 2.66. The molecule has 25 heavy (non-hydrogen) atoms. The van der Waals surface area contributed by atoms with Gasteiger partial charge in [0.2, 0.25) is 0 Å². The predicted molar refractivity (Wildman–Crippen MR) is 99.4 cm³/mol. The summed E-state index contributed by atoms with van der Waals surface area (Å²) in [4.78, 5) is 4.71. The van der Waals surface area contributed by atoms with Crippen molar-refractivity contribution in [1.82, 2.24) is 4.98 Å². The second-order valence-electron chi connectivity index (χ2n) is 5.57. The molecule has 124 valence electrons. The van der Waals surface area contributed by atoms with E-state index in [4.69, 9.17) is 19.7 Å². The van der Waals surface area contributed by atoms with E-state index < -0.39 is 0 Å². The van der Waals surface area contributed by atoms with Crippen LogP contribution in [0.25, 0.3) is 22.6 Å². The van der Waals surface area contributed by atoms with Crippen molar-refractivity contribution in [3.63, 3.8) is 0 Å². The summed E-state index contributed by atoms with van der Waals surface area (Å²) in [6.07, 6.45) is 2.05. The molecule has 0 aliphatic rings. The lowest BCUT2D eigenvalue weighted by molar-refractivity contribution is 0.329. The number of fused-ring (bicyclic) bond motifs is 1. The molecular weight excluding hydrogens is 312 g/mol. The highest BCUT2D eigenvalue weighted by atomic mass is 16.5. The summed E-state index contributed by atoms with van der Waals surface area (Å²) >= 11 is 0. The largest absolute Gasteiger partial charge is 0.493 e. The minimum atomic E-state index is -0.00835. The number of methoxy groups -OCH3 is 1. The zero-order valence-electron chi connectivity index (χ0n) is 14.2. The number of nitrogens with zero attached hydrogens (tertiary/aromatic N) is 2.